The van der Waals surface area contributed by atoms with Crippen LogP contribution in [0.25, 0.3) is 0 Å². The van der Waals surface area contributed by atoms with Gasteiger partial charge in [0.05, 0.1) is 0 Å². The summed E-state index contributed by atoms with van der Waals surface area (Å²) in [5.74, 6) is 0. The van der Waals surface area contributed by atoms with Crippen LogP contribution in [0.2, 0.25) is 0 Å². The van der Waals surface area contributed by atoms with Crippen molar-refractivity contribution in [2.45, 2.75) is 40.5 Å². The monoisotopic (exact) mass is 286 g/mol. The van der Waals surface area contributed by atoms with Crippen LogP contribution in [-0.2, 0) is 0 Å². The van der Waals surface area contributed by atoms with E-state index in [4.69, 9.17) is 0 Å². The molecule has 0 aromatic rings. The molecule has 0 N–H and O–H groups in total. The van der Waals surface area contributed by atoms with Crippen LogP contribution in [0.5, 0.6) is 0 Å². The Bertz CT molecular complexity index is 300. The summed E-state index contributed by atoms with van der Waals surface area (Å²) in [4.78, 5) is 28.1. The van der Waals surface area contributed by atoms with E-state index in [1.54, 1.807) is 23.9 Å². The Hall–Kier alpha value is -1.46. The summed E-state index contributed by atoms with van der Waals surface area (Å²) in [5, 5.41) is 2.78. The van der Waals surface area contributed by atoms with Crippen LogP contribution in [0, 0.1) is 0 Å². The van der Waals surface area contributed by atoms with Gasteiger partial charge in [0.1, 0.15) is 0 Å². The lowest BCUT2D eigenvalue weighted by Crippen LogP contribution is -2.54. The Labute approximate surface area is 123 Å². The first-order valence-corrected chi connectivity index (χ1v) is 7.49. The Morgan fingerprint density at radius 3 is 1.35 bits per heavy atom. The highest BCUT2D eigenvalue weighted by Gasteiger charge is 2.25. The van der Waals surface area contributed by atoms with Gasteiger partial charge in [-0.25, -0.2) is 19.6 Å². The van der Waals surface area contributed by atoms with E-state index in [9.17, 15) is 9.59 Å². The molecule has 0 aliphatic heterocycles. The van der Waals surface area contributed by atoms with Crippen molar-refractivity contribution in [1.82, 2.24) is 19.8 Å². The number of amides is 4. The topological polar surface area (TPSA) is 47.1 Å². The number of hydrazine groups is 1. The average molecular weight is 286 g/mol. The lowest BCUT2D eigenvalue weighted by Gasteiger charge is -2.35. The van der Waals surface area contributed by atoms with Gasteiger partial charge in [0.25, 0.3) is 0 Å². The fourth-order valence-corrected chi connectivity index (χ4v) is 2.00. The fraction of sp³-hybridized carbons (Fsp3) is 0.857. The van der Waals surface area contributed by atoms with Gasteiger partial charge >= 0.3 is 12.1 Å². The average Bonchev–Trinajstić information content (AvgIpc) is 2.45. The third kappa shape index (κ3) is 4.90. The normalized spacial score (nSPS) is 10.1. The van der Waals surface area contributed by atoms with Crippen molar-refractivity contribution in [1.29, 1.82) is 0 Å². The number of hydrogen-bond donors (Lipinski definition) is 0. The molecule has 0 rings (SSSR count). The van der Waals surface area contributed by atoms with Crippen LogP contribution in [0.1, 0.15) is 40.5 Å². The van der Waals surface area contributed by atoms with E-state index >= 15 is 0 Å². The fourth-order valence-electron chi connectivity index (χ4n) is 2.00. The Morgan fingerprint density at radius 2 is 1.05 bits per heavy atom. The van der Waals surface area contributed by atoms with Crippen molar-refractivity contribution in [2.24, 2.45) is 0 Å². The predicted octanol–water partition coefficient (Wildman–Crippen LogP) is 2.47. The summed E-state index contributed by atoms with van der Waals surface area (Å²) in [6.07, 6.45) is 1.82. The quantitative estimate of drug-likeness (QED) is 0.704. The van der Waals surface area contributed by atoms with E-state index in [2.05, 4.69) is 0 Å². The summed E-state index contributed by atoms with van der Waals surface area (Å²) in [6.45, 7) is 10.6. The minimum atomic E-state index is -0.154. The minimum Gasteiger partial charge on any atom is -0.324 e. The highest BCUT2D eigenvalue weighted by atomic mass is 16.2. The van der Waals surface area contributed by atoms with Crippen LogP contribution in [-0.4, -0.2) is 72.2 Å². The molecule has 6 heteroatoms. The van der Waals surface area contributed by atoms with Gasteiger partial charge in [-0.05, 0) is 26.7 Å². The van der Waals surface area contributed by atoms with Gasteiger partial charge in [-0.15, -0.1) is 0 Å². The van der Waals surface area contributed by atoms with Crippen molar-refractivity contribution >= 4 is 12.1 Å². The van der Waals surface area contributed by atoms with Gasteiger partial charge in [0, 0.05) is 40.3 Å². The molecule has 4 amide bonds. The Kier molecular flexibility index (Phi) is 8.76. The van der Waals surface area contributed by atoms with Crippen LogP contribution >= 0.6 is 0 Å². The third-order valence-corrected chi connectivity index (χ3v) is 3.30. The van der Waals surface area contributed by atoms with Crippen LogP contribution in [0.15, 0.2) is 0 Å². The Morgan fingerprint density at radius 1 is 0.700 bits per heavy atom. The van der Waals surface area contributed by atoms with Crippen LogP contribution in [0.4, 0.5) is 9.59 Å². The predicted molar refractivity (Wildman–Crippen MR) is 81.4 cm³/mol. The smallest absolute Gasteiger partial charge is 0.324 e. The first-order valence-electron chi connectivity index (χ1n) is 7.49. The molecule has 0 aliphatic rings. The zero-order valence-corrected chi connectivity index (χ0v) is 13.8. The molecule has 0 saturated carbocycles. The van der Waals surface area contributed by atoms with E-state index in [-0.39, 0.29) is 12.1 Å². The SMILES string of the molecule is CCCN(CCC)C(=O)N(C)N(C)C(=O)N(CC)CC. The molecule has 0 radical (unpaired) electrons. The molecule has 0 aromatic carbocycles. The maximum atomic E-state index is 12.4. The summed E-state index contributed by atoms with van der Waals surface area (Å²) in [5.41, 5.74) is 0. The second-order valence-corrected chi connectivity index (χ2v) is 4.77. The maximum absolute atomic E-state index is 12.4. The van der Waals surface area contributed by atoms with Gasteiger partial charge in [-0.3, -0.25) is 0 Å². The van der Waals surface area contributed by atoms with Gasteiger partial charge in [0.2, 0.25) is 0 Å². The van der Waals surface area contributed by atoms with Crippen LogP contribution in [0.3, 0.4) is 0 Å². The molecular formula is C14H30N4O2. The zero-order valence-electron chi connectivity index (χ0n) is 13.8. The van der Waals surface area contributed by atoms with E-state index in [0.717, 1.165) is 12.8 Å². The molecule has 0 fully saturated rings. The summed E-state index contributed by atoms with van der Waals surface area (Å²) in [6, 6.07) is -0.282. The van der Waals surface area contributed by atoms with Gasteiger partial charge in [0.15, 0.2) is 0 Å². The van der Waals surface area contributed by atoms with Crippen molar-refractivity contribution < 1.29 is 9.59 Å². The molecule has 0 aromatic heterocycles. The van der Waals surface area contributed by atoms with E-state index in [1.165, 1.54) is 10.0 Å². The molecule has 0 unspecified atom stereocenters. The minimum absolute atomic E-state index is 0.128. The second kappa shape index (κ2) is 9.44. The highest BCUT2D eigenvalue weighted by molar-refractivity contribution is 5.80. The largest absolute Gasteiger partial charge is 0.338 e. The standard InChI is InChI=1S/C14H30N4O2/c1-7-11-18(12-8-2)14(20)16(6)15(5)13(19)17(9-3)10-4/h7-12H2,1-6H3. The molecule has 118 valence electrons. The first-order chi connectivity index (χ1) is 9.44. The molecule has 0 atom stereocenters. The number of urea groups is 2. The van der Waals surface area contributed by atoms with Gasteiger partial charge < -0.3 is 9.80 Å². The summed E-state index contributed by atoms with van der Waals surface area (Å²) in [7, 11) is 3.27. The molecule has 0 spiro atoms. The third-order valence-electron chi connectivity index (χ3n) is 3.30. The van der Waals surface area contributed by atoms with E-state index < -0.39 is 0 Å². The second-order valence-electron chi connectivity index (χ2n) is 4.77. The molecular weight excluding hydrogens is 256 g/mol. The number of carbonyl (C=O) groups is 2. The zero-order chi connectivity index (χ0) is 15.7. The highest BCUT2D eigenvalue weighted by Crippen LogP contribution is 2.05. The first kappa shape index (κ1) is 18.5. The van der Waals surface area contributed by atoms with Crippen molar-refractivity contribution in [3.05, 3.63) is 0 Å². The van der Waals surface area contributed by atoms with Crippen molar-refractivity contribution in [2.75, 3.05) is 40.3 Å². The summed E-state index contributed by atoms with van der Waals surface area (Å²) >= 11 is 0. The lowest BCUT2D eigenvalue weighted by atomic mass is 10.4. The molecule has 6 nitrogen and oxygen atoms in total. The van der Waals surface area contributed by atoms with Gasteiger partial charge in [-0.1, -0.05) is 13.8 Å². The van der Waals surface area contributed by atoms with Gasteiger partial charge in [-0.2, -0.15) is 0 Å². The molecule has 20 heavy (non-hydrogen) atoms. The van der Waals surface area contributed by atoms with E-state index in [0.29, 0.717) is 26.2 Å². The molecule has 0 heterocycles. The van der Waals surface area contributed by atoms with Crippen molar-refractivity contribution in [3.8, 4) is 0 Å². The molecule has 0 bridgehead atoms. The molecule has 0 aliphatic carbocycles. The number of hydrogen-bond acceptors (Lipinski definition) is 2. The van der Waals surface area contributed by atoms with E-state index in [1.807, 2.05) is 27.7 Å². The number of carbonyl (C=O) groups excluding carboxylic acids is 2. The Balaban J connectivity index is 4.80. The molecule has 0 saturated heterocycles. The van der Waals surface area contributed by atoms with Crippen molar-refractivity contribution in [3.63, 3.8) is 0 Å². The summed E-state index contributed by atoms with van der Waals surface area (Å²) < 4.78 is 0. The van der Waals surface area contributed by atoms with Crippen LogP contribution < -0.4 is 0 Å². The maximum Gasteiger partial charge on any atom is 0.338 e. The lowest BCUT2D eigenvalue weighted by molar-refractivity contribution is 0.0497. The number of rotatable bonds is 6. The number of nitrogens with zero attached hydrogens (tertiary/aromatic N) is 4.